The lowest BCUT2D eigenvalue weighted by atomic mass is 10.1. The predicted molar refractivity (Wildman–Crippen MR) is 95.0 cm³/mol. The van der Waals surface area contributed by atoms with Gasteiger partial charge in [0.25, 0.3) is 0 Å². The van der Waals surface area contributed by atoms with Gasteiger partial charge < -0.3 is 15.3 Å². The van der Waals surface area contributed by atoms with Gasteiger partial charge in [-0.1, -0.05) is 19.1 Å². The van der Waals surface area contributed by atoms with Crippen LogP contribution in [0.5, 0.6) is 0 Å². The molecule has 1 aliphatic heterocycles. The molecule has 1 aliphatic rings. The molecule has 0 spiro atoms. The Hall–Kier alpha value is -1.92. The van der Waals surface area contributed by atoms with Crippen LogP contribution in [0, 0.1) is 0 Å². The number of fused-ring (bicyclic) bond motifs is 1. The molecule has 0 aromatic heterocycles. The first kappa shape index (κ1) is 18.4. The van der Waals surface area contributed by atoms with Crippen molar-refractivity contribution in [3.8, 4) is 0 Å². The molecule has 6 nitrogen and oxygen atoms in total. The zero-order valence-electron chi connectivity index (χ0n) is 14.9. The smallest absolute Gasteiger partial charge is 0.241 e. The Balaban J connectivity index is 2.25. The zero-order chi connectivity index (χ0) is 17.9. The Morgan fingerprint density at radius 2 is 2.08 bits per heavy atom. The van der Waals surface area contributed by atoms with E-state index in [1.54, 1.807) is 24.8 Å². The number of para-hydroxylation sites is 2. The van der Waals surface area contributed by atoms with E-state index in [0.717, 1.165) is 5.69 Å². The predicted octanol–water partition coefficient (Wildman–Crippen LogP) is 1.84. The third-order valence-electron chi connectivity index (χ3n) is 4.04. The number of carbonyl (C=O) groups is 2. The quantitative estimate of drug-likeness (QED) is 0.862. The second-order valence-electron chi connectivity index (χ2n) is 7.00. The fourth-order valence-electron chi connectivity index (χ4n) is 3.06. The Labute approximate surface area is 143 Å². The van der Waals surface area contributed by atoms with Gasteiger partial charge in [0.15, 0.2) is 0 Å². The number of hydrogen-bond acceptors (Lipinski definition) is 4. The highest BCUT2D eigenvalue weighted by Gasteiger charge is 2.30. The van der Waals surface area contributed by atoms with Gasteiger partial charge >= 0.3 is 0 Å². The molecule has 0 radical (unpaired) electrons. The van der Waals surface area contributed by atoms with E-state index in [9.17, 15) is 14.7 Å². The van der Waals surface area contributed by atoms with Crippen molar-refractivity contribution < 1.29 is 14.7 Å². The van der Waals surface area contributed by atoms with Gasteiger partial charge in [-0.25, -0.2) is 0 Å². The molecule has 1 heterocycles. The molecule has 2 N–H and O–H groups in total. The van der Waals surface area contributed by atoms with Crippen molar-refractivity contribution in [2.24, 2.45) is 0 Å². The first-order chi connectivity index (χ1) is 11.2. The average Bonchev–Trinajstić information content (AvgIpc) is 2.59. The summed E-state index contributed by atoms with van der Waals surface area (Å²) in [5, 5.41) is 12.9. The average molecular weight is 333 g/mol. The molecule has 0 fully saturated rings. The molecule has 1 atom stereocenters. The van der Waals surface area contributed by atoms with Crippen LogP contribution in [0.1, 0.15) is 34.1 Å². The monoisotopic (exact) mass is 333 g/mol. The maximum absolute atomic E-state index is 12.9. The van der Waals surface area contributed by atoms with Crippen LogP contribution >= 0.6 is 0 Å². The van der Waals surface area contributed by atoms with Crippen molar-refractivity contribution in [3.05, 3.63) is 24.3 Å². The number of likely N-dealkylation sites (N-methyl/N-ethyl adjacent to an activating group) is 1. The van der Waals surface area contributed by atoms with Crippen molar-refractivity contribution in [2.75, 3.05) is 29.9 Å². The van der Waals surface area contributed by atoms with Crippen LogP contribution in [0.2, 0.25) is 0 Å². The van der Waals surface area contributed by atoms with Gasteiger partial charge in [0.1, 0.15) is 0 Å². The Morgan fingerprint density at radius 3 is 2.71 bits per heavy atom. The lowest BCUT2D eigenvalue weighted by Crippen LogP contribution is -2.48. The summed E-state index contributed by atoms with van der Waals surface area (Å²) in [4.78, 5) is 28.6. The summed E-state index contributed by atoms with van der Waals surface area (Å²) in [6.45, 7) is 8.58. The molecule has 132 valence electrons. The normalized spacial score (nSPS) is 18.2. The molecule has 6 heteroatoms. The summed E-state index contributed by atoms with van der Waals surface area (Å²) in [7, 11) is 0. The Morgan fingerprint density at radius 1 is 1.42 bits per heavy atom. The van der Waals surface area contributed by atoms with Crippen molar-refractivity contribution in [3.63, 3.8) is 0 Å². The number of hydrogen-bond donors (Lipinski definition) is 2. The summed E-state index contributed by atoms with van der Waals surface area (Å²) in [6, 6.07) is 7.13. The lowest BCUT2D eigenvalue weighted by molar-refractivity contribution is -0.120. The minimum absolute atomic E-state index is 0.0717. The standard InChI is InChI=1S/C18H27N3O3/c1-5-20(12-18(3,4)24)11-17(23)21-13(2)10-16(22)19-14-8-6-7-9-15(14)21/h6-9,13,24H,5,10-12H2,1-4H3,(H,19,22). The number of rotatable bonds is 5. The van der Waals surface area contributed by atoms with Gasteiger partial charge in [-0.3, -0.25) is 14.5 Å². The number of carbonyl (C=O) groups excluding carboxylic acids is 2. The fourth-order valence-corrected chi connectivity index (χ4v) is 3.06. The molecule has 2 rings (SSSR count). The SMILES string of the molecule is CCN(CC(=O)N1c2ccccc2NC(=O)CC1C)CC(C)(C)O. The number of anilines is 2. The number of nitrogens with one attached hydrogen (secondary N) is 1. The van der Waals surface area contributed by atoms with Crippen LogP contribution < -0.4 is 10.2 Å². The lowest BCUT2D eigenvalue weighted by Gasteiger charge is -2.32. The third kappa shape index (κ3) is 4.55. The highest BCUT2D eigenvalue weighted by Crippen LogP contribution is 2.31. The molecule has 0 saturated carbocycles. The number of nitrogens with zero attached hydrogens (tertiary/aromatic N) is 2. The van der Waals surface area contributed by atoms with Gasteiger partial charge in [0, 0.05) is 19.0 Å². The van der Waals surface area contributed by atoms with Gasteiger partial charge in [0.05, 0.1) is 23.5 Å². The second kappa shape index (κ2) is 7.32. The third-order valence-corrected chi connectivity index (χ3v) is 4.04. The summed E-state index contributed by atoms with van der Waals surface area (Å²) in [6.07, 6.45) is 0.262. The first-order valence-electron chi connectivity index (χ1n) is 8.37. The van der Waals surface area contributed by atoms with Crippen LogP contribution in [0.25, 0.3) is 0 Å². The topological polar surface area (TPSA) is 72.9 Å². The summed E-state index contributed by atoms with van der Waals surface area (Å²) in [5.74, 6) is -0.161. The van der Waals surface area contributed by atoms with Crippen LogP contribution in [0.3, 0.4) is 0 Å². The van der Waals surface area contributed by atoms with Crippen LogP contribution in [0.4, 0.5) is 11.4 Å². The molecule has 1 aromatic carbocycles. The van der Waals surface area contributed by atoms with E-state index in [1.807, 2.05) is 36.9 Å². The van der Waals surface area contributed by atoms with Gasteiger partial charge in [0.2, 0.25) is 11.8 Å². The van der Waals surface area contributed by atoms with Crippen LogP contribution in [-0.4, -0.2) is 53.1 Å². The van der Waals surface area contributed by atoms with Crippen LogP contribution in [-0.2, 0) is 9.59 Å². The minimum atomic E-state index is -0.865. The Kier molecular flexibility index (Phi) is 5.62. The summed E-state index contributed by atoms with van der Waals surface area (Å²) in [5.41, 5.74) is 0.516. The van der Waals surface area contributed by atoms with E-state index in [4.69, 9.17) is 0 Å². The van der Waals surface area contributed by atoms with Gasteiger partial charge in [-0.2, -0.15) is 0 Å². The summed E-state index contributed by atoms with van der Waals surface area (Å²) >= 11 is 0. The first-order valence-corrected chi connectivity index (χ1v) is 8.37. The number of aliphatic hydroxyl groups is 1. The van der Waals surface area contributed by atoms with Gasteiger partial charge in [-0.15, -0.1) is 0 Å². The second-order valence-corrected chi connectivity index (χ2v) is 7.00. The van der Waals surface area contributed by atoms with Crippen molar-refractivity contribution in [1.82, 2.24) is 4.90 Å². The summed E-state index contributed by atoms with van der Waals surface area (Å²) < 4.78 is 0. The molecule has 1 aromatic rings. The van der Waals surface area contributed by atoms with Gasteiger partial charge in [-0.05, 0) is 39.4 Å². The van der Waals surface area contributed by atoms with E-state index < -0.39 is 5.60 Å². The molecule has 1 unspecified atom stereocenters. The molecule has 2 amide bonds. The highest BCUT2D eigenvalue weighted by atomic mass is 16.3. The number of amides is 2. The van der Waals surface area contributed by atoms with Crippen molar-refractivity contribution >= 4 is 23.2 Å². The Bertz CT molecular complexity index is 610. The van der Waals surface area contributed by atoms with Crippen molar-refractivity contribution in [2.45, 2.75) is 45.8 Å². The maximum atomic E-state index is 12.9. The molecule has 0 aliphatic carbocycles. The van der Waals surface area contributed by atoms with Crippen LogP contribution in [0.15, 0.2) is 24.3 Å². The molecule has 24 heavy (non-hydrogen) atoms. The van der Waals surface area contributed by atoms with E-state index in [1.165, 1.54) is 0 Å². The van der Waals surface area contributed by atoms with E-state index in [0.29, 0.717) is 18.8 Å². The molecule has 0 saturated heterocycles. The highest BCUT2D eigenvalue weighted by molar-refractivity contribution is 6.04. The van der Waals surface area contributed by atoms with E-state index >= 15 is 0 Å². The maximum Gasteiger partial charge on any atom is 0.241 e. The number of benzene rings is 1. The molecular formula is C18H27N3O3. The largest absolute Gasteiger partial charge is 0.389 e. The molecule has 0 bridgehead atoms. The van der Waals surface area contributed by atoms with E-state index in [2.05, 4.69) is 5.32 Å². The zero-order valence-corrected chi connectivity index (χ0v) is 14.9. The van der Waals surface area contributed by atoms with Crippen molar-refractivity contribution in [1.29, 1.82) is 0 Å². The minimum Gasteiger partial charge on any atom is -0.389 e. The molecular weight excluding hydrogens is 306 g/mol. The fraction of sp³-hybridized carbons (Fsp3) is 0.556. The van der Waals surface area contributed by atoms with E-state index in [-0.39, 0.29) is 30.8 Å².